The Balaban J connectivity index is -0.0000000940. The van der Waals surface area contributed by atoms with Crippen LogP contribution >= 0.6 is 0 Å². The van der Waals surface area contributed by atoms with Crippen LogP contribution in [0.25, 0.3) is 0 Å². The van der Waals surface area contributed by atoms with Crippen molar-refractivity contribution in [3.8, 4) is 0 Å². The molecule has 0 radical (unpaired) electrons. The van der Waals surface area contributed by atoms with Crippen LogP contribution < -0.4 is 0 Å². The Bertz CT molecular complexity index is 1760. The lowest BCUT2D eigenvalue weighted by Crippen LogP contribution is -2.37. The first kappa shape index (κ1) is 132. The molecule has 0 N–H and O–H groups in total. The summed E-state index contributed by atoms with van der Waals surface area (Å²) >= 11 is 0. The molecule has 0 aliphatic carbocycles. The van der Waals surface area contributed by atoms with Gasteiger partial charge in [-0.15, -0.1) is 0 Å². The van der Waals surface area contributed by atoms with Gasteiger partial charge in [-0.1, -0.05) is 310 Å². The zero-order valence-electron chi connectivity index (χ0n) is 71.2. The maximum Gasteiger partial charge on any atom is 0.400 e. The molecular formula is C78H150F30. The average molecular weight is 1660 g/mol. The summed E-state index contributed by atoms with van der Waals surface area (Å²) in [5.74, 6) is -8.13. The Labute approximate surface area is 635 Å². The molecule has 0 rings (SSSR count). The van der Waals surface area contributed by atoms with Crippen LogP contribution in [0.15, 0.2) is 0 Å². The van der Waals surface area contributed by atoms with E-state index in [4.69, 9.17) is 0 Å². The minimum absolute atomic E-state index is 0.0658. The van der Waals surface area contributed by atoms with Gasteiger partial charge in [-0.2, -0.15) is 132 Å². The highest BCUT2D eigenvalue weighted by Crippen LogP contribution is 2.45. The molecule has 30 heteroatoms. The van der Waals surface area contributed by atoms with Gasteiger partial charge in [0.15, 0.2) is 17.8 Å². The van der Waals surface area contributed by atoms with Gasteiger partial charge in [0, 0.05) is 19.3 Å². The third-order valence-corrected chi connectivity index (χ3v) is 16.2. The number of rotatable bonds is 24. The molecule has 1 unspecified atom stereocenters. The summed E-state index contributed by atoms with van der Waals surface area (Å²) in [5, 5.41) is 0. The van der Waals surface area contributed by atoms with Crippen molar-refractivity contribution in [3.05, 3.63) is 0 Å². The summed E-state index contributed by atoms with van der Waals surface area (Å²) in [6.07, 6.45) is -36.9. The van der Waals surface area contributed by atoms with Gasteiger partial charge in [-0.25, -0.2) is 0 Å². The Morgan fingerprint density at radius 1 is 0.241 bits per heavy atom. The molecule has 0 aromatic rings. The van der Waals surface area contributed by atoms with E-state index >= 15 is 0 Å². The normalized spacial score (nSPS) is 13.4. The van der Waals surface area contributed by atoms with Gasteiger partial charge < -0.3 is 0 Å². The van der Waals surface area contributed by atoms with Crippen molar-refractivity contribution < 1.29 is 132 Å². The lowest BCUT2D eigenvalue weighted by molar-refractivity contribution is -0.288. The van der Waals surface area contributed by atoms with E-state index in [1.807, 2.05) is 13.8 Å². The molecule has 0 amide bonds. The highest BCUT2D eigenvalue weighted by molar-refractivity contribution is 4.77. The van der Waals surface area contributed by atoms with Crippen LogP contribution in [-0.4, -0.2) is 61.8 Å². The van der Waals surface area contributed by atoms with Gasteiger partial charge in [0.25, 0.3) is 0 Å². The molecule has 0 aromatic carbocycles. The fraction of sp³-hybridized carbons (Fsp3) is 1.00. The second-order valence-electron chi connectivity index (χ2n) is 31.6. The van der Waals surface area contributed by atoms with E-state index in [2.05, 4.69) is 125 Å². The van der Waals surface area contributed by atoms with Crippen molar-refractivity contribution in [2.24, 2.45) is 81.8 Å². The molecule has 0 saturated carbocycles. The standard InChI is InChI=1S/2C7H10F6.3C7H13F3.C7H16.C6H8F6.C6H11F3.4C6H14/c1-4(2)3-5(6(8,9)10)7(11,12)13;1-2-3-4-5(6(8,9)10)7(11,12)13;1-4-5(2)6(3)7(8,9)10;1-3-4-6(2)5-7(8,9)10;1-2-3-4-5-6-7(8,9)10;1-4-5-6-7(2)3;1-2-3-4(5(7,8)9)6(10,11)12;1-5(2)3-4-6(7,8)9;2*1-5-6(2,3)4;1-5(2)6(3)4;1-4-6(3)5-2/h4-5H,3H2,1-2H3;5H,2-4H2,1H3;5-6H,4H2,1-3H3;6H,3-5H2,1-2H3;2-6H2,1H3;7H,4-6H2,1-3H3;4H,2-3H2,1H3;5H,3-4H2,1-2H3;2*5H2,1-4H3;5-6H,1-4H3;6H,4-5H2,1-3H3/t;;5-,6?;6-;;;;;;;;/m..00......../s1. The SMILES string of the molecule is CC(C)C(C)C.CC(C)CC(C(F)(F)F)C(F)(F)F.CC(C)CCC(F)(F)F.CCC(C)(C)C.CCC(C)(C)C.CCC(C)CC.CCCC(C(F)(F)F)C(F)(F)F.CCCCC(C(F)(F)F)C(F)(F)F.CCCCC(C)C.CCCCCCC(F)(F)F.CCC[C@H](C)CC(F)(F)F.CC[C@H](C)C(C)C(F)(F)F. The fourth-order valence-corrected chi connectivity index (χ4v) is 6.42. The molecule has 672 valence electrons. The maximum atomic E-state index is 11.9. The minimum Gasteiger partial charge on any atom is -0.171 e. The quantitative estimate of drug-likeness (QED) is 0.0667. The highest BCUT2D eigenvalue weighted by atomic mass is 19.5. The Morgan fingerprint density at radius 2 is 0.528 bits per heavy atom. The molecule has 0 aromatic heterocycles. The van der Waals surface area contributed by atoms with Gasteiger partial charge in [0.05, 0.1) is 5.92 Å². The topological polar surface area (TPSA) is 0 Å². The first-order valence-corrected chi connectivity index (χ1v) is 38.3. The molecule has 0 aliphatic heterocycles. The molecule has 3 atom stereocenters. The maximum absolute atomic E-state index is 11.9. The van der Waals surface area contributed by atoms with Crippen molar-refractivity contribution in [2.75, 3.05) is 0 Å². The number of hydrogen-bond donors (Lipinski definition) is 0. The van der Waals surface area contributed by atoms with Crippen LogP contribution in [0.1, 0.15) is 362 Å². The lowest BCUT2D eigenvalue weighted by atomic mass is 9.93. The van der Waals surface area contributed by atoms with Crippen LogP contribution in [0.4, 0.5) is 132 Å². The van der Waals surface area contributed by atoms with E-state index in [1.54, 1.807) is 41.5 Å². The molecule has 0 fully saturated rings. The number of alkyl halides is 30. The fourth-order valence-electron chi connectivity index (χ4n) is 6.42. The van der Waals surface area contributed by atoms with Gasteiger partial charge >= 0.3 is 61.8 Å². The summed E-state index contributed by atoms with van der Waals surface area (Å²) in [6.45, 7) is 59.5. The van der Waals surface area contributed by atoms with Crippen LogP contribution in [0, 0.1) is 81.8 Å². The summed E-state index contributed by atoms with van der Waals surface area (Å²) in [6, 6.07) is 0. The van der Waals surface area contributed by atoms with E-state index in [0.717, 1.165) is 42.9 Å². The molecule has 0 nitrogen and oxygen atoms in total. The third kappa shape index (κ3) is 120. The second-order valence-corrected chi connectivity index (χ2v) is 31.6. The van der Waals surface area contributed by atoms with Gasteiger partial charge in [0.1, 0.15) is 0 Å². The van der Waals surface area contributed by atoms with Gasteiger partial charge in [-0.05, 0) is 90.3 Å². The summed E-state index contributed by atoms with van der Waals surface area (Å²) < 4.78 is 351. The van der Waals surface area contributed by atoms with Crippen LogP contribution in [-0.2, 0) is 0 Å². The first-order chi connectivity index (χ1) is 47.6. The van der Waals surface area contributed by atoms with Crippen LogP contribution in [0.3, 0.4) is 0 Å². The molecule has 0 saturated heterocycles. The van der Waals surface area contributed by atoms with Crippen molar-refractivity contribution >= 4 is 0 Å². The predicted molar refractivity (Wildman–Crippen MR) is 388 cm³/mol. The van der Waals surface area contributed by atoms with Crippen LogP contribution in [0.5, 0.6) is 0 Å². The minimum atomic E-state index is -5.19. The van der Waals surface area contributed by atoms with E-state index < -0.39 is 130 Å². The van der Waals surface area contributed by atoms with E-state index in [9.17, 15) is 132 Å². The van der Waals surface area contributed by atoms with E-state index in [-0.39, 0.29) is 43.4 Å². The van der Waals surface area contributed by atoms with Crippen molar-refractivity contribution in [1.82, 2.24) is 0 Å². The largest absolute Gasteiger partial charge is 0.400 e. The zero-order valence-corrected chi connectivity index (χ0v) is 71.2. The molecule has 0 aliphatic rings. The first-order valence-electron chi connectivity index (χ1n) is 38.3. The number of halogens is 30. The molecule has 108 heavy (non-hydrogen) atoms. The average Bonchev–Trinajstić information content (AvgIpc) is 0.847. The van der Waals surface area contributed by atoms with E-state index in [1.165, 1.54) is 72.6 Å². The van der Waals surface area contributed by atoms with Gasteiger partial charge in [-0.3, -0.25) is 0 Å². The Morgan fingerprint density at radius 3 is 0.667 bits per heavy atom. The molecule has 0 spiro atoms. The molecule has 0 bridgehead atoms. The second kappa shape index (κ2) is 67.1. The number of hydrogen-bond acceptors (Lipinski definition) is 0. The summed E-state index contributed by atoms with van der Waals surface area (Å²) in [7, 11) is 0. The predicted octanol–water partition coefficient (Wildman–Crippen LogP) is 36.8. The number of unbranched alkanes of at least 4 members (excludes halogenated alkanes) is 5. The van der Waals surface area contributed by atoms with Crippen molar-refractivity contribution in [2.45, 2.75) is 424 Å². The monoisotopic (exact) mass is 1660 g/mol. The van der Waals surface area contributed by atoms with Gasteiger partial charge in [0.2, 0.25) is 0 Å². The molecular weight excluding hydrogens is 1510 g/mol. The molecule has 0 heterocycles. The Hall–Kier alpha value is -2.10. The highest BCUT2D eigenvalue weighted by Gasteiger charge is 2.58. The van der Waals surface area contributed by atoms with Crippen molar-refractivity contribution in [3.63, 3.8) is 0 Å². The lowest BCUT2D eigenvalue weighted by Gasteiger charge is -2.24. The van der Waals surface area contributed by atoms with Crippen LogP contribution in [0.2, 0.25) is 0 Å². The van der Waals surface area contributed by atoms with Crippen molar-refractivity contribution in [1.29, 1.82) is 0 Å². The smallest absolute Gasteiger partial charge is 0.171 e. The Kier molecular flexibility index (Phi) is 82.1. The summed E-state index contributed by atoms with van der Waals surface area (Å²) in [4.78, 5) is 0. The third-order valence-electron chi connectivity index (χ3n) is 16.2. The van der Waals surface area contributed by atoms with E-state index in [0.29, 0.717) is 36.5 Å². The summed E-state index contributed by atoms with van der Waals surface area (Å²) in [5.41, 5.74) is 1.08. The zero-order chi connectivity index (χ0) is 89.9.